The van der Waals surface area contributed by atoms with Gasteiger partial charge in [0.05, 0.1) is 12.5 Å². The van der Waals surface area contributed by atoms with Crippen LogP contribution in [0.1, 0.15) is 23.7 Å². The number of esters is 1. The maximum absolute atomic E-state index is 12.1. The minimum atomic E-state index is -0.948. The third kappa shape index (κ3) is 4.31. The van der Waals surface area contributed by atoms with Crippen molar-refractivity contribution in [1.29, 1.82) is 0 Å². The van der Waals surface area contributed by atoms with Crippen molar-refractivity contribution in [2.24, 2.45) is 5.92 Å². The van der Waals surface area contributed by atoms with Crippen LogP contribution in [0.3, 0.4) is 0 Å². The number of hydrogen-bond donors (Lipinski definition) is 0. The molecule has 0 N–H and O–H groups in total. The van der Waals surface area contributed by atoms with Crippen LogP contribution in [0.4, 0.5) is 0 Å². The molecule has 20 heavy (non-hydrogen) atoms. The van der Waals surface area contributed by atoms with Gasteiger partial charge in [-0.3, -0.25) is 14.4 Å². The topological polar surface area (TPSA) is 60.4 Å². The van der Waals surface area contributed by atoms with Gasteiger partial charge in [0, 0.05) is 17.0 Å². The molecule has 0 bridgehead atoms. The van der Waals surface area contributed by atoms with Gasteiger partial charge in [-0.2, -0.15) is 0 Å². The first kappa shape index (κ1) is 16.1. The van der Waals surface area contributed by atoms with Gasteiger partial charge >= 0.3 is 5.97 Å². The van der Waals surface area contributed by atoms with Gasteiger partial charge in [0.15, 0.2) is 5.78 Å². The van der Waals surface area contributed by atoms with Crippen molar-refractivity contribution in [3.05, 3.63) is 47.0 Å². The molecule has 0 fully saturated rings. The molecule has 4 nitrogen and oxygen atoms in total. The summed E-state index contributed by atoms with van der Waals surface area (Å²) in [7, 11) is 0. The van der Waals surface area contributed by atoms with Crippen LogP contribution in [0.5, 0.6) is 0 Å². The van der Waals surface area contributed by atoms with Crippen LogP contribution in [0.15, 0.2) is 36.4 Å². The second-order valence-electron chi connectivity index (χ2n) is 4.13. The Morgan fingerprint density at radius 1 is 1.35 bits per heavy atom. The zero-order valence-electron chi connectivity index (χ0n) is 11.1. The summed E-state index contributed by atoms with van der Waals surface area (Å²) in [6.45, 7) is 5.33. The second kappa shape index (κ2) is 7.60. The third-order valence-corrected chi connectivity index (χ3v) is 2.98. The molecule has 0 aromatic heterocycles. The van der Waals surface area contributed by atoms with Gasteiger partial charge in [0.2, 0.25) is 0 Å². The molecule has 106 valence electrons. The highest BCUT2D eigenvalue weighted by atomic mass is 35.5. The van der Waals surface area contributed by atoms with Crippen LogP contribution in [-0.2, 0) is 14.3 Å². The van der Waals surface area contributed by atoms with E-state index in [1.165, 1.54) is 0 Å². The van der Waals surface area contributed by atoms with E-state index in [1.54, 1.807) is 31.2 Å². The Morgan fingerprint density at radius 3 is 2.45 bits per heavy atom. The molecule has 0 heterocycles. The number of aldehydes is 1. The predicted molar refractivity (Wildman–Crippen MR) is 75.7 cm³/mol. The van der Waals surface area contributed by atoms with Gasteiger partial charge in [-0.15, -0.1) is 0 Å². The molecule has 0 saturated carbocycles. The van der Waals surface area contributed by atoms with Gasteiger partial charge in [-0.1, -0.05) is 18.2 Å². The fourth-order valence-electron chi connectivity index (χ4n) is 1.63. The van der Waals surface area contributed by atoms with Gasteiger partial charge in [0.1, 0.15) is 6.29 Å². The summed E-state index contributed by atoms with van der Waals surface area (Å²) >= 11 is 5.74. The van der Waals surface area contributed by atoms with Crippen molar-refractivity contribution >= 4 is 29.6 Å². The Labute approximate surface area is 122 Å². The Kier molecular flexibility index (Phi) is 6.12. The summed E-state index contributed by atoms with van der Waals surface area (Å²) in [6, 6.07) is 6.30. The summed E-state index contributed by atoms with van der Waals surface area (Å²) in [5, 5.41) is 0.515. The second-order valence-corrected chi connectivity index (χ2v) is 4.57. The molecule has 0 aliphatic carbocycles. The summed E-state index contributed by atoms with van der Waals surface area (Å²) in [5.41, 5.74) is 0.452. The first-order valence-corrected chi connectivity index (χ1v) is 6.46. The lowest BCUT2D eigenvalue weighted by Gasteiger charge is -2.14. The largest absolute Gasteiger partial charge is 0.466 e. The van der Waals surface area contributed by atoms with Crippen molar-refractivity contribution in [2.75, 3.05) is 6.61 Å². The van der Waals surface area contributed by atoms with E-state index in [0.29, 0.717) is 16.9 Å². The number of hydrogen-bond acceptors (Lipinski definition) is 4. The minimum Gasteiger partial charge on any atom is -0.466 e. The molecular weight excluding hydrogens is 280 g/mol. The Morgan fingerprint density at radius 2 is 1.95 bits per heavy atom. The highest BCUT2D eigenvalue weighted by molar-refractivity contribution is 6.30. The van der Waals surface area contributed by atoms with E-state index in [0.717, 1.165) is 0 Å². The number of ketones is 1. The van der Waals surface area contributed by atoms with Gasteiger partial charge < -0.3 is 4.74 Å². The molecule has 0 aliphatic heterocycles. The monoisotopic (exact) mass is 294 g/mol. The minimum absolute atomic E-state index is 0.0331. The SMILES string of the molecule is C=C(C=O)C(CC(=O)c1ccc(Cl)cc1)C(=O)OCC. The molecule has 1 rings (SSSR count). The van der Waals surface area contributed by atoms with E-state index < -0.39 is 11.9 Å². The van der Waals surface area contributed by atoms with Crippen LogP contribution in [-0.4, -0.2) is 24.6 Å². The smallest absolute Gasteiger partial charge is 0.313 e. The predicted octanol–water partition coefficient (Wildman–Crippen LogP) is 2.85. The first-order chi connectivity index (χ1) is 9.49. The Balaban J connectivity index is 2.86. The van der Waals surface area contributed by atoms with E-state index in [9.17, 15) is 14.4 Å². The average molecular weight is 295 g/mol. The van der Waals surface area contributed by atoms with Crippen molar-refractivity contribution in [3.8, 4) is 0 Å². The Hall–Kier alpha value is -1.94. The number of rotatable bonds is 7. The highest BCUT2D eigenvalue weighted by Gasteiger charge is 2.26. The summed E-state index contributed by atoms with van der Waals surface area (Å²) in [6.07, 6.45) is 0.314. The quantitative estimate of drug-likeness (QED) is 0.336. The molecule has 1 atom stereocenters. The lowest BCUT2D eigenvalue weighted by Crippen LogP contribution is -2.23. The van der Waals surface area contributed by atoms with Crippen LogP contribution < -0.4 is 0 Å². The zero-order valence-corrected chi connectivity index (χ0v) is 11.9. The maximum atomic E-state index is 12.1. The van der Waals surface area contributed by atoms with Crippen molar-refractivity contribution in [2.45, 2.75) is 13.3 Å². The summed E-state index contributed by atoms with van der Waals surface area (Å²) < 4.78 is 4.85. The van der Waals surface area contributed by atoms with Crippen LogP contribution in [0.2, 0.25) is 5.02 Å². The van der Waals surface area contributed by atoms with E-state index in [4.69, 9.17) is 16.3 Å². The van der Waals surface area contributed by atoms with E-state index in [2.05, 4.69) is 6.58 Å². The van der Waals surface area contributed by atoms with E-state index in [-0.39, 0.29) is 24.4 Å². The normalized spacial score (nSPS) is 11.5. The van der Waals surface area contributed by atoms with E-state index in [1.807, 2.05) is 0 Å². The highest BCUT2D eigenvalue weighted by Crippen LogP contribution is 2.19. The van der Waals surface area contributed by atoms with Crippen LogP contribution in [0, 0.1) is 5.92 Å². The average Bonchev–Trinajstić information content (AvgIpc) is 2.44. The van der Waals surface area contributed by atoms with E-state index >= 15 is 0 Å². The van der Waals surface area contributed by atoms with Crippen molar-refractivity contribution < 1.29 is 19.1 Å². The molecule has 0 saturated heterocycles. The number of carbonyl (C=O) groups excluding carboxylic acids is 3. The molecule has 0 radical (unpaired) electrons. The first-order valence-electron chi connectivity index (χ1n) is 6.09. The molecule has 1 unspecified atom stereocenters. The van der Waals surface area contributed by atoms with Crippen LogP contribution >= 0.6 is 11.6 Å². The van der Waals surface area contributed by atoms with Crippen molar-refractivity contribution in [3.63, 3.8) is 0 Å². The number of halogens is 1. The Bertz CT molecular complexity index is 519. The molecule has 1 aromatic carbocycles. The molecule has 0 aliphatic rings. The number of ether oxygens (including phenoxy) is 1. The standard InChI is InChI=1S/C15H15ClO4/c1-3-20-15(19)13(10(2)9-17)8-14(18)11-4-6-12(16)7-5-11/h4-7,9,13H,2-3,8H2,1H3. The number of benzene rings is 1. The molecule has 0 amide bonds. The molecular formula is C15H15ClO4. The number of Topliss-reactive ketones (excluding diaryl/α,β-unsaturated/α-hetero) is 1. The van der Waals surface area contributed by atoms with Crippen LogP contribution in [0.25, 0.3) is 0 Å². The lowest BCUT2D eigenvalue weighted by molar-refractivity contribution is -0.147. The fourth-order valence-corrected chi connectivity index (χ4v) is 1.76. The van der Waals surface area contributed by atoms with Gasteiger partial charge in [-0.25, -0.2) is 0 Å². The van der Waals surface area contributed by atoms with Crippen molar-refractivity contribution in [1.82, 2.24) is 0 Å². The molecule has 1 aromatic rings. The summed E-state index contributed by atoms with van der Waals surface area (Å²) in [4.78, 5) is 34.6. The fraction of sp³-hybridized carbons (Fsp3) is 0.267. The van der Waals surface area contributed by atoms with Gasteiger partial charge in [-0.05, 0) is 36.8 Å². The summed E-state index contributed by atoms with van der Waals surface area (Å²) in [5.74, 6) is -1.84. The molecule has 5 heteroatoms. The van der Waals surface area contributed by atoms with Gasteiger partial charge in [0.25, 0.3) is 0 Å². The maximum Gasteiger partial charge on any atom is 0.313 e. The molecule has 0 spiro atoms. The third-order valence-electron chi connectivity index (χ3n) is 2.73. The number of carbonyl (C=O) groups is 3. The zero-order chi connectivity index (χ0) is 15.1. The lowest BCUT2D eigenvalue weighted by atomic mass is 9.93.